The molecule has 1 atom stereocenters. The lowest BCUT2D eigenvalue weighted by Gasteiger charge is -2.15. The molecule has 0 aliphatic heterocycles. The second-order valence-electron chi connectivity index (χ2n) is 6.37. The van der Waals surface area contributed by atoms with Gasteiger partial charge in [0.2, 0.25) is 10.0 Å². The van der Waals surface area contributed by atoms with Gasteiger partial charge in [-0.3, -0.25) is 10.1 Å². The molecular weight excluding hydrogens is 394 g/mol. The molecule has 0 aromatic heterocycles. The summed E-state index contributed by atoms with van der Waals surface area (Å²) in [4.78, 5) is 9.77. The predicted molar refractivity (Wildman–Crippen MR) is 110 cm³/mol. The number of sulfonamides is 1. The summed E-state index contributed by atoms with van der Waals surface area (Å²) < 4.78 is 23.5. The topological polar surface area (TPSA) is 136 Å². The predicted octanol–water partition coefficient (Wildman–Crippen LogP) is 3.05. The lowest BCUT2D eigenvalue weighted by molar-refractivity contribution is -0.385. The van der Waals surface area contributed by atoms with Crippen molar-refractivity contribution < 1.29 is 18.4 Å². The van der Waals surface area contributed by atoms with Crippen LogP contribution in [0.5, 0.6) is 0 Å². The minimum absolute atomic E-state index is 0.00891. The van der Waals surface area contributed by atoms with Crippen LogP contribution in [-0.2, 0) is 10.0 Å². The van der Waals surface area contributed by atoms with Crippen molar-refractivity contribution >= 4 is 21.4 Å². The van der Waals surface area contributed by atoms with Crippen LogP contribution >= 0.6 is 0 Å². The van der Waals surface area contributed by atoms with Crippen LogP contribution in [0.4, 0.5) is 11.4 Å². The molecule has 0 bridgehead atoms. The average molecular weight is 413 g/mol. The van der Waals surface area contributed by atoms with Crippen molar-refractivity contribution in [1.82, 2.24) is 0 Å². The molecule has 9 heteroatoms. The summed E-state index contributed by atoms with van der Waals surface area (Å²) in [6.07, 6.45) is -0.927. The summed E-state index contributed by atoms with van der Waals surface area (Å²) in [6, 6.07) is 20.4. The summed E-state index contributed by atoms with van der Waals surface area (Å²) in [5, 5.41) is 29.3. The Morgan fingerprint density at radius 2 is 1.62 bits per heavy atom. The standard InChI is InChI=1S/C20H19N3O5S/c21-29(27,28)20-12-17(23(25)26)10-11-18(20)22-13-19(24)16-8-6-15(7-9-16)14-4-2-1-3-5-14/h1-12,19,22,24H,13H2,(H2,21,27,28). The largest absolute Gasteiger partial charge is 0.387 e. The first-order valence-corrected chi connectivity index (χ1v) is 10.2. The van der Waals surface area contributed by atoms with E-state index in [1.54, 1.807) is 12.1 Å². The van der Waals surface area contributed by atoms with Gasteiger partial charge in [-0.2, -0.15) is 0 Å². The summed E-state index contributed by atoms with van der Waals surface area (Å²) in [5.41, 5.74) is 2.38. The molecular formula is C20H19N3O5S. The highest BCUT2D eigenvalue weighted by Crippen LogP contribution is 2.27. The number of nitrogens with zero attached hydrogens (tertiary/aromatic N) is 1. The minimum atomic E-state index is -4.19. The first-order valence-electron chi connectivity index (χ1n) is 8.64. The van der Waals surface area contributed by atoms with Gasteiger partial charge in [0.05, 0.1) is 16.7 Å². The number of aliphatic hydroxyl groups excluding tert-OH is 1. The molecule has 4 N–H and O–H groups in total. The maximum atomic E-state index is 11.8. The molecule has 3 aromatic carbocycles. The molecule has 3 rings (SSSR count). The van der Waals surface area contributed by atoms with Crippen molar-refractivity contribution in [1.29, 1.82) is 0 Å². The average Bonchev–Trinajstić information content (AvgIpc) is 2.72. The van der Waals surface area contributed by atoms with Crippen LogP contribution in [-0.4, -0.2) is 25.0 Å². The number of anilines is 1. The Bertz CT molecular complexity index is 1120. The van der Waals surface area contributed by atoms with Crippen LogP contribution in [0, 0.1) is 10.1 Å². The molecule has 0 aliphatic carbocycles. The Kier molecular flexibility index (Phi) is 5.92. The maximum Gasteiger partial charge on any atom is 0.270 e. The molecule has 3 aromatic rings. The zero-order valence-electron chi connectivity index (χ0n) is 15.2. The molecule has 0 fully saturated rings. The third-order valence-electron chi connectivity index (χ3n) is 4.37. The highest BCUT2D eigenvalue weighted by Gasteiger charge is 2.19. The Balaban J connectivity index is 1.75. The first kappa shape index (κ1) is 20.5. The van der Waals surface area contributed by atoms with E-state index in [0.29, 0.717) is 5.56 Å². The number of nitrogens with one attached hydrogen (secondary N) is 1. The smallest absolute Gasteiger partial charge is 0.270 e. The lowest BCUT2D eigenvalue weighted by Crippen LogP contribution is -2.18. The van der Waals surface area contributed by atoms with Crippen molar-refractivity contribution in [3.63, 3.8) is 0 Å². The molecule has 0 saturated carbocycles. The van der Waals surface area contributed by atoms with E-state index >= 15 is 0 Å². The number of nitro groups is 1. The van der Waals surface area contributed by atoms with E-state index in [4.69, 9.17) is 5.14 Å². The van der Waals surface area contributed by atoms with E-state index in [9.17, 15) is 23.6 Å². The number of primary sulfonamides is 1. The number of aliphatic hydroxyl groups is 1. The lowest BCUT2D eigenvalue weighted by atomic mass is 10.0. The molecule has 0 radical (unpaired) electrons. The Morgan fingerprint density at radius 3 is 2.21 bits per heavy atom. The molecule has 8 nitrogen and oxygen atoms in total. The summed E-state index contributed by atoms with van der Waals surface area (Å²) in [7, 11) is -4.19. The van der Waals surface area contributed by atoms with Crippen molar-refractivity contribution in [3.05, 3.63) is 88.5 Å². The number of hydrogen-bond donors (Lipinski definition) is 3. The number of rotatable bonds is 7. The zero-order valence-corrected chi connectivity index (χ0v) is 16.0. The molecule has 0 spiro atoms. The summed E-state index contributed by atoms with van der Waals surface area (Å²) in [6.45, 7) is -0.00891. The van der Waals surface area contributed by atoms with E-state index < -0.39 is 31.6 Å². The molecule has 150 valence electrons. The van der Waals surface area contributed by atoms with Gasteiger partial charge in [0, 0.05) is 18.7 Å². The van der Waals surface area contributed by atoms with Crippen LogP contribution < -0.4 is 10.5 Å². The van der Waals surface area contributed by atoms with E-state index in [0.717, 1.165) is 23.3 Å². The van der Waals surface area contributed by atoms with Gasteiger partial charge in [-0.15, -0.1) is 0 Å². The van der Waals surface area contributed by atoms with E-state index in [1.807, 2.05) is 42.5 Å². The second-order valence-corrected chi connectivity index (χ2v) is 7.90. The third-order valence-corrected chi connectivity index (χ3v) is 5.32. The van der Waals surface area contributed by atoms with Crippen LogP contribution in [0.2, 0.25) is 0 Å². The first-order chi connectivity index (χ1) is 13.8. The fourth-order valence-corrected chi connectivity index (χ4v) is 3.59. The minimum Gasteiger partial charge on any atom is -0.387 e. The molecule has 0 heterocycles. The van der Waals surface area contributed by atoms with Crippen LogP contribution in [0.15, 0.2) is 77.7 Å². The molecule has 0 amide bonds. The highest BCUT2D eigenvalue weighted by atomic mass is 32.2. The monoisotopic (exact) mass is 413 g/mol. The second kappa shape index (κ2) is 8.39. The summed E-state index contributed by atoms with van der Waals surface area (Å²) >= 11 is 0. The van der Waals surface area contributed by atoms with Crippen LogP contribution in [0.25, 0.3) is 11.1 Å². The van der Waals surface area contributed by atoms with Crippen molar-refractivity contribution in [2.75, 3.05) is 11.9 Å². The van der Waals surface area contributed by atoms with Crippen molar-refractivity contribution in [2.45, 2.75) is 11.0 Å². The molecule has 0 aliphatic rings. The fourth-order valence-electron chi connectivity index (χ4n) is 2.86. The summed E-state index contributed by atoms with van der Waals surface area (Å²) in [5.74, 6) is 0. The quantitative estimate of drug-likeness (QED) is 0.402. The molecule has 1 unspecified atom stereocenters. The number of benzene rings is 3. The Labute approximate surface area is 167 Å². The number of hydrogen-bond acceptors (Lipinski definition) is 6. The van der Waals surface area contributed by atoms with Crippen molar-refractivity contribution in [3.8, 4) is 11.1 Å². The van der Waals surface area contributed by atoms with E-state index in [-0.39, 0.29) is 12.2 Å². The Morgan fingerprint density at radius 1 is 1.00 bits per heavy atom. The van der Waals surface area contributed by atoms with Gasteiger partial charge >= 0.3 is 0 Å². The van der Waals surface area contributed by atoms with Gasteiger partial charge < -0.3 is 10.4 Å². The highest BCUT2D eigenvalue weighted by molar-refractivity contribution is 7.89. The van der Waals surface area contributed by atoms with Crippen LogP contribution in [0.3, 0.4) is 0 Å². The van der Waals surface area contributed by atoms with Crippen molar-refractivity contribution in [2.24, 2.45) is 5.14 Å². The Hall–Kier alpha value is -3.27. The van der Waals surface area contributed by atoms with Gasteiger partial charge in [-0.1, -0.05) is 54.6 Å². The number of nitrogens with two attached hydrogens (primary N) is 1. The van der Waals surface area contributed by atoms with Gasteiger partial charge in [0.1, 0.15) is 4.90 Å². The van der Waals surface area contributed by atoms with Gasteiger partial charge in [-0.05, 0) is 22.8 Å². The number of nitro benzene ring substituents is 1. The SMILES string of the molecule is NS(=O)(=O)c1cc([N+](=O)[O-])ccc1NCC(O)c1ccc(-c2ccccc2)cc1. The van der Waals surface area contributed by atoms with E-state index in [2.05, 4.69) is 5.32 Å². The van der Waals surface area contributed by atoms with Gasteiger partial charge in [-0.25, -0.2) is 13.6 Å². The van der Waals surface area contributed by atoms with E-state index in [1.165, 1.54) is 6.07 Å². The molecule has 0 saturated heterocycles. The number of non-ortho nitro benzene ring substituents is 1. The fraction of sp³-hybridized carbons (Fsp3) is 0.100. The van der Waals surface area contributed by atoms with Gasteiger partial charge in [0.15, 0.2) is 0 Å². The normalized spacial score (nSPS) is 12.3. The third kappa shape index (κ3) is 4.96. The van der Waals surface area contributed by atoms with Gasteiger partial charge in [0.25, 0.3) is 5.69 Å². The zero-order chi connectivity index (χ0) is 21.0. The molecule has 29 heavy (non-hydrogen) atoms. The maximum absolute atomic E-state index is 11.8. The van der Waals surface area contributed by atoms with Crippen LogP contribution in [0.1, 0.15) is 11.7 Å².